The molecule has 3 nitrogen and oxygen atoms in total. The van der Waals surface area contributed by atoms with Gasteiger partial charge >= 0.3 is 0 Å². The van der Waals surface area contributed by atoms with Crippen LogP contribution in [-0.4, -0.2) is 9.55 Å². The molecule has 0 saturated heterocycles. The molecule has 0 amide bonds. The lowest BCUT2D eigenvalue weighted by Crippen LogP contribution is -2.27. The minimum absolute atomic E-state index is 0.0868. The first-order valence-corrected chi connectivity index (χ1v) is 9.70. The van der Waals surface area contributed by atoms with Crippen molar-refractivity contribution in [1.82, 2.24) is 9.55 Å². The third-order valence-electron chi connectivity index (χ3n) is 5.21. The quantitative estimate of drug-likeness (QED) is 0.421. The SMILES string of the molecule is Clc1ccc([C@H]2C[C@H](c3ccccc3Cl)Nc3nc4ccccc4n32)cc1. The zero-order chi connectivity index (χ0) is 18.4. The summed E-state index contributed by atoms with van der Waals surface area (Å²) in [5, 5.41) is 5.11. The molecule has 1 aliphatic rings. The maximum absolute atomic E-state index is 6.49. The Bertz CT molecular complexity index is 1120. The second-order valence-electron chi connectivity index (χ2n) is 6.82. The molecule has 134 valence electrons. The Hall–Kier alpha value is -2.49. The van der Waals surface area contributed by atoms with Crippen molar-refractivity contribution >= 4 is 40.2 Å². The van der Waals surface area contributed by atoms with E-state index in [-0.39, 0.29) is 12.1 Å². The largest absolute Gasteiger partial charge is 0.349 e. The van der Waals surface area contributed by atoms with Gasteiger partial charge in [-0.15, -0.1) is 0 Å². The van der Waals surface area contributed by atoms with Crippen molar-refractivity contribution in [3.8, 4) is 0 Å². The maximum atomic E-state index is 6.49. The second-order valence-corrected chi connectivity index (χ2v) is 7.66. The molecule has 0 bridgehead atoms. The molecule has 0 fully saturated rings. The van der Waals surface area contributed by atoms with Crippen LogP contribution in [0.2, 0.25) is 10.0 Å². The van der Waals surface area contributed by atoms with Gasteiger partial charge in [0.25, 0.3) is 0 Å². The molecule has 0 saturated carbocycles. The van der Waals surface area contributed by atoms with Crippen LogP contribution in [0.15, 0.2) is 72.8 Å². The molecule has 0 unspecified atom stereocenters. The van der Waals surface area contributed by atoms with E-state index in [1.807, 2.05) is 42.5 Å². The summed E-state index contributed by atoms with van der Waals surface area (Å²) in [6, 6.07) is 24.6. The predicted octanol–water partition coefficient (Wildman–Crippen LogP) is 6.49. The third kappa shape index (κ3) is 2.88. The highest BCUT2D eigenvalue weighted by Crippen LogP contribution is 2.42. The number of aromatic nitrogens is 2. The Morgan fingerprint density at radius 1 is 0.889 bits per heavy atom. The predicted molar refractivity (Wildman–Crippen MR) is 112 cm³/mol. The van der Waals surface area contributed by atoms with Gasteiger partial charge in [-0.05, 0) is 47.9 Å². The highest BCUT2D eigenvalue weighted by Gasteiger charge is 2.31. The van der Waals surface area contributed by atoms with E-state index in [0.29, 0.717) is 0 Å². The zero-order valence-corrected chi connectivity index (χ0v) is 16.0. The summed E-state index contributed by atoms with van der Waals surface area (Å²) in [5.74, 6) is 0.868. The fourth-order valence-corrected chi connectivity index (χ4v) is 4.33. The normalized spacial score (nSPS) is 18.9. The van der Waals surface area contributed by atoms with Gasteiger partial charge in [0.05, 0.1) is 23.1 Å². The number of fused-ring (bicyclic) bond motifs is 3. The lowest BCUT2D eigenvalue weighted by molar-refractivity contribution is 0.477. The maximum Gasteiger partial charge on any atom is 0.204 e. The van der Waals surface area contributed by atoms with Crippen LogP contribution in [0.5, 0.6) is 0 Å². The monoisotopic (exact) mass is 393 g/mol. The molecule has 3 aromatic carbocycles. The fourth-order valence-electron chi connectivity index (χ4n) is 3.94. The first kappa shape index (κ1) is 16.7. The molecule has 0 radical (unpaired) electrons. The average Bonchev–Trinajstić information content (AvgIpc) is 3.07. The van der Waals surface area contributed by atoms with Gasteiger partial charge in [0, 0.05) is 10.0 Å². The summed E-state index contributed by atoms with van der Waals surface area (Å²) in [4.78, 5) is 4.83. The Balaban J connectivity index is 1.68. The summed E-state index contributed by atoms with van der Waals surface area (Å²) >= 11 is 12.6. The highest BCUT2D eigenvalue weighted by molar-refractivity contribution is 6.31. The van der Waals surface area contributed by atoms with Gasteiger partial charge in [-0.3, -0.25) is 0 Å². The van der Waals surface area contributed by atoms with Crippen molar-refractivity contribution in [2.75, 3.05) is 5.32 Å². The van der Waals surface area contributed by atoms with Crippen molar-refractivity contribution in [3.63, 3.8) is 0 Å². The number of imidazole rings is 1. The molecule has 1 aliphatic heterocycles. The van der Waals surface area contributed by atoms with Crippen LogP contribution in [0.1, 0.15) is 29.6 Å². The Labute approximate surface area is 167 Å². The van der Waals surface area contributed by atoms with Gasteiger partial charge < -0.3 is 9.88 Å². The van der Waals surface area contributed by atoms with Crippen molar-refractivity contribution in [2.24, 2.45) is 0 Å². The number of nitrogens with zero attached hydrogens (tertiary/aromatic N) is 2. The number of para-hydroxylation sites is 2. The molecule has 4 aromatic rings. The minimum atomic E-state index is 0.0868. The number of hydrogen-bond acceptors (Lipinski definition) is 2. The van der Waals surface area contributed by atoms with Crippen LogP contribution in [0.3, 0.4) is 0 Å². The number of halogens is 2. The molecule has 27 heavy (non-hydrogen) atoms. The fraction of sp³-hybridized carbons (Fsp3) is 0.136. The molecular formula is C22H17Cl2N3. The van der Waals surface area contributed by atoms with Crippen LogP contribution in [0.25, 0.3) is 11.0 Å². The van der Waals surface area contributed by atoms with Gasteiger partial charge in [-0.1, -0.05) is 65.7 Å². The summed E-state index contributed by atoms with van der Waals surface area (Å²) in [6.45, 7) is 0. The van der Waals surface area contributed by atoms with Crippen molar-refractivity contribution in [2.45, 2.75) is 18.5 Å². The molecule has 5 rings (SSSR count). The number of rotatable bonds is 2. The van der Waals surface area contributed by atoms with Crippen LogP contribution >= 0.6 is 23.2 Å². The molecule has 1 aromatic heterocycles. The van der Waals surface area contributed by atoms with Crippen molar-refractivity contribution in [1.29, 1.82) is 0 Å². The first-order chi connectivity index (χ1) is 13.2. The number of anilines is 1. The summed E-state index contributed by atoms with van der Waals surface area (Å²) in [7, 11) is 0. The Morgan fingerprint density at radius 3 is 2.44 bits per heavy atom. The van der Waals surface area contributed by atoms with E-state index in [1.165, 1.54) is 5.56 Å². The molecule has 1 N–H and O–H groups in total. The molecule has 2 atom stereocenters. The molecule has 0 spiro atoms. The molecule has 2 heterocycles. The van der Waals surface area contributed by atoms with Crippen LogP contribution in [0.4, 0.5) is 5.95 Å². The smallest absolute Gasteiger partial charge is 0.204 e. The molecule has 0 aliphatic carbocycles. The topological polar surface area (TPSA) is 29.9 Å². The van der Waals surface area contributed by atoms with E-state index in [2.05, 4.69) is 40.2 Å². The number of hydrogen-bond donors (Lipinski definition) is 1. The van der Waals surface area contributed by atoms with E-state index >= 15 is 0 Å². The summed E-state index contributed by atoms with van der Waals surface area (Å²) < 4.78 is 2.28. The first-order valence-electron chi connectivity index (χ1n) is 8.94. The molecular weight excluding hydrogens is 377 g/mol. The van der Waals surface area contributed by atoms with E-state index in [0.717, 1.165) is 39.0 Å². The lowest BCUT2D eigenvalue weighted by atomic mass is 9.93. The van der Waals surface area contributed by atoms with Gasteiger partial charge in [0.1, 0.15) is 0 Å². The molecule has 5 heteroatoms. The van der Waals surface area contributed by atoms with Crippen molar-refractivity contribution < 1.29 is 0 Å². The third-order valence-corrected chi connectivity index (χ3v) is 5.80. The Kier molecular flexibility index (Phi) is 4.07. The highest BCUT2D eigenvalue weighted by atomic mass is 35.5. The zero-order valence-electron chi connectivity index (χ0n) is 14.4. The summed E-state index contributed by atoms with van der Waals surface area (Å²) in [6.07, 6.45) is 0.874. The lowest BCUT2D eigenvalue weighted by Gasteiger charge is -2.34. The van der Waals surface area contributed by atoms with Gasteiger partial charge in [0.2, 0.25) is 5.95 Å². The van der Waals surface area contributed by atoms with Crippen LogP contribution in [-0.2, 0) is 0 Å². The van der Waals surface area contributed by atoms with E-state index < -0.39 is 0 Å². The Morgan fingerprint density at radius 2 is 1.63 bits per heavy atom. The van der Waals surface area contributed by atoms with E-state index in [1.54, 1.807) is 0 Å². The second kappa shape index (κ2) is 6.59. The van der Waals surface area contributed by atoms with E-state index in [4.69, 9.17) is 28.2 Å². The minimum Gasteiger partial charge on any atom is -0.349 e. The number of nitrogens with one attached hydrogen (secondary N) is 1. The van der Waals surface area contributed by atoms with Gasteiger partial charge in [-0.25, -0.2) is 4.98 Å². The van der Waals surface area contributed by atoms with Gasteiger partial charge in [0.15, 0.2) is 0 Å². The average molecular weight is 394 g/mol. The van der Waals surface area contributed by atoms with Gasteiger partial charge in [-0.2, -0.15) is 0 Å². The summed E-state index contributed by atoms with van der Waals surface area (Å²) in [5.41, 5.74) is 4.41. The van der Waals surface area contributed by atoms with Crippen molar-refractivity contribution in [3.05, 3.63) is 94.0 Å². The van der Waals surface area contributed by atoms with Crippen LogP contribution in [0, 0.1) is 0 Å². The van der Waals surface area contributed by atoms with Crippen LogP contribution < -0.4 is 5.32 Å². The standard InChI is InChI=1S/C22H17Cl2N3/c23-15-11-9-14(10-12-15)21-13-19(16-5-1-2-6-17(16)24)26-22-25-18-7-3-4-8-20(18)27(21)22/h1-12,19,21H,13H2,(H,25,26)/t19-,21-/m1/s1. The van der Waals surface area contributed by atoms with E-state index in [9.17, 15) is 0 Å². The number of benzene rings is 3.